The number of fused-ring (bicyclic) bond motifs is 3. The van der Waals surface area contributed by atoms with Crippen molar-refractivity contribution in [2.45, 2.75) is 123 Å². The van der Waals surface area contributed by atoms with E-state index in [-0.39, 0.29) is 5.41 Å². The van der Waals surface area contributed by atoms with Crippen LogP contribution in [0.2, 0.25) is 0 Å². The van der Waals surface area contributed by atoms with E-state index in [0.717, 1.165) is 0 Å². The number of benzene rings is 2. The Morgan fingerprint density at radius 2 is 0.903 bits per heavy atom. The van der Waals surface area contributed by atoms with Crippen LogP contribution < -0.4 is 0 Å². The van der Waals surface area contributed by atoms with E-state index in [2.05, 4.69) is 64.1 Å². The normalized spacial score (nSPS) is 13.9. The second kappa shape index (κ2) is 11.9. The van der Waals surface area contributed by atoms with E-state index in [1.54, 1.807) is 11.1 Å². The van der Waals surface area contributed by atoms with Crippen LogP contribution in [-0.4, -0.2) is 0 Å². The summed E-state index contributed by atoms with van der Waals surface area (Å²) in [6.07, 6.45) is 19.2. The summed E-state index contributed by atoms with van der Waals surface area (Å²) in [7, 11) is 0. The van der Waals surface area contributed by atoms with E-state index in [1.165, 1.54) is 112 Å². The van der Waals surface area contributed by atoms with Crippen molar-refractivity contribution in [2.75, 3.05) is 0 Å². The maximum atomic E-state index is 2.53. The Balaban J connectivity index is 1.85. The minimum atomic E-state index is 0.234. The predicted octanol–water partition coefficient (Wildman–Crippen LogP) is 10.1. The van der Waals surface area contributed by atoms with Gasteiger partial charge in [-0.2, -0.15) is 0 Å². The van der Waals surface area contributed by atoms with Gasteiger partial charge in [0.1, 0.15) is 0 Å². The lowest BCUT2D eigenvalue weighted by atomic mass is 9.70. The van der Waals surface area contributed by atoms with Crippen molar-refractivity contribution in [3.05, 3.63) is 58.7 Å². The average molecular weight is 419 g/mol. The van der Waals surface area contributed by atoms with Crippen molar-refractivity contribution in [1.82, 2.24) is 0 Å². The van der Waals surface area contributed by atoms with E-state index < -0.39 is 0 Å². The monoisotopic (exact) mass is 418 g/mol. The van der Waals surface area contributed by atoms with Crippen LogP contribution in [0.4, 0.5) is 0 Å². The van der Waals surface area contributed by atoms with E-state index in [9.17, 15) is 0 Å². The molecule has 3 rings (SSSR count). The fourth-order valence-electron chi connectivity index (χ4n) is 5.80. The predicted molar refractivity (Wildman–Crippen MR) is 138 cm³/mol. The van der Waals surface area contributed by atoms with Gasteiger partial charge in [-0.25, -0.2) is 0 Å². The number of aryl methyl sites for hydroxylation is 2. The number of hydrogen-bond donors (Lipinski definition) is 0. The third kappa shape index (κ3) is 5.82. The van der Waals surface area contributed by atoms with Crippen molar-refractivity contribution in [2.24, 2.45) is 0 Å². The zero-order valence-electron chi connectivity index (χ0n) is 20.9. The smallest absolute Gasteiger partial charge is 0.0215 e. The summed E-state index contributed by atoms with van der Waals surface area (Å²) < 4.78 is 0. The minimum absolute atomic E-state index is 0.234. The lowest BCUT2D eigenvalue weighted by Gasteiger charge is -2.33. The van der Waals surface area contributed by atoms with Crippen molar-refractivity contribution >= 4 is 0 Å². The molecule has 0 heteroatoms. The molecule has 0 spiro atoms. The standard InChI is InChI=1S/C31H46/c1-5-7-9-11-13-15-21-31(22-16-14-12-10-8-6-2)29-23-25(3)17-19-27(29)28-20-18-26(4)24-30(28)31/h17-20,23-24H,5-16,21-22H2,1-4H3. The number of rotatable bonds is 14. The highest BCUT2D eigenvalue weighted by molar-refractivity contribution is 5.81. The third-order valence-electron chi connectivity index (χ3n) is 7.59. The second-order valence-corrected chi connectivity index (χ2v) is 10.2. The summed E-state index contributed by atoms with van der Waals surface area (Å²) in [6, 6.07) is 14.5. The Kier molecular flexibility index (Phi) is 9.24. The summed E-state index contributed by atoms with van der Waals surface area (Å²) in [5.41, 5.74) is 9.36. The molecule has 0 N–H and O–H groups in total. The van der Waals surface area contributed by atoms with Crippen LogP contribution in [0, 0.1) is 13.8 Å². The molecule has 1 aliphatic carbocycles. The number of hydrogen-bond acceptors (Lipinski definition) is 0. The second-order valence-electron chi connectivity index (χ2n) is 10.2. The van der Waals surface area contributed by atoms with E-state index in [1.807, 2.05) is 0 Å². The van der Waals surface area contributed by atoms with Crippen LogP contribution in [-0.2, 0) is 5.41 Å². The lowest BCUT2D eigenvalue weighted by Crippen LogP contribution is -2.25. The van der Waals surface area contributed by atoms with E-state index >= 15 is 0 Å². The first-order valence-electron chi connectivity index (χ1n) is 13.3. The van der Waals surface area contributed by atoms with Crippen LogP contribution in [0.25, 0.3) is 11.1 Å². The number of unbranched alkanes of at least 4 members (excludes halogenated alkanes) is 10. The largest absolute Gasteiger partial charge is 0.0654 e. The third-order valence-corrected chi connectivity index (χ3v) is 7.59. The fraction of sp³-hybridized carbons (Fsp3) is 0.613. The Labute approximate surface area is 192 Å². The topological polar surface area (TPSA) is 0 Å². The van der Waals surface area contributed by atoms with Crippen LogP contribution in [0.15, 0.2) is 36.4 Å². The first-order chi connectivity index (χ1) is 15.1. The first-order valence-corrected chi connectivity index (χ1v) is 13.3. The molecule has 0 nitrogen and oxygen atoms in total. The lowest BCUT2D eigenvalue weighted by molar-refractivity contribution is 0.397. The molecule has 0 amide bonds. The summed E-state index contributed by atoms with van der Waals surface area (Å²) >= 11 is 0. The molecule has 0 heterocycles. The highest BCUT2D eigenvalue weighted by atomic mass is 14.4. The van der Waals surface area contributed by atoms with Gasteiger partial charge in [0, 0.05) is 5.41 Å². The van der Waals surface area contributed by atoms with Crippen molar-refractivity contribution in [3.63, 3.8) is 0 Å². The SMILES string of the molecule is CCCCCCCCC1(CCCCCCCC)c2cc(C)ccc2-c2ccc(C)cc21. The molecule has 0 unspecified atom stereocenters. The Morgan fingerprint density at radius 1 is 0.516 bits per heavy atom. The van der Waals surface area contributed by atoms with Crippen LogP contribution in [0.1, 0.15) is 126 Å². The van der Waals surface area contributed by atoms with Crippen LogP contribution in [0.3, 0.4) is 0 Å². The zero-order valence-corrected chi connectivity index (χ0v) is 20.9. The van der Waals surface area contributed by atoms with Crippen LogP contribution in [0.5, 0.6) is 0 Å². The molecular formula is C31H46. The minimum Gasteiger partial charge on any atom is -0.0654 e. The molecule has 2 aromatic rings. The van der Waals surface area contributed by atoms with Gasteiger partial charge in [0.15, 0.2) is 0 Å². The van der Waals surface area contributed by atoms with Gasteiger partial charge in [-0.15, -0.1) is 0 Å². The van der Waals surface area contributed by atoms with Gasteiger partial charge in [-0.05, 0) is 48.9 Å². The molecule has 2 aromatic carbocycles. The van der Waals surface area contributed by atoms with Gasteiger partial charge in [-0.1, -0.05) is 138 Å². The Bertz CT molecular complexity index is 743. The zero-order chi connectivity index (χ0) is 22.1. The average Bonchev–Trinajstić information content (AvgIpc) is 3.02. The molecule has 1 aliphatic rings. The molecule has 0 atom stereocenters. The quantitative estimate of drug-likeness (QED) is 0.268. The summed E-state index contributed by atoms with van der Waals surface area (Å²) in [5.74, 6) is 0. The van der Waals surface area contributed by atoms with E-state index in [4.69, 9.17) is 0 Å². The summed E-state index contributed by atoms with van der Waals surface area (Å²) in [4.78, 5) is 0. The summed E-state index contributed by atoms with van der Waals surface area (Å²) in [6.45, 7) is 9.17. The molecule has 170 valence electrons. The van der Waals surface area contributed by atoms with Gasteiger partial charge in [0.05, 0.1) is 0 Å². The molecule has 0 saturated carbocycles. The maximum Gasteiger partial charge on any atom is 0.0215 e. The molecule has 0 radical (unpaired) electrons. The van der Waals surface area contributed by atoms with Crippen molar-refractivity contribution < 1.29 is 0 Å². The van der Waals surface area contributed by atoms with Gasteiger partial charge in [0.25, 0.3) is 0 Å². The Morgan fingerprint density at radius 3 is 1.32 bits per heavy atom. The molecule has 0 aromatic heterocycles. The molecular weight excluding hydrogens is 372 g/mol. The van der Waals surface area contributed by atoms with E-state index in [0.29, 0.717) is 0 Å². The van der Waals surface area contributed by atoms with Crippen molar-refractivity contribution in [1.29, 1.82) is 0 Å². The maximum absolute atomic E-state index is 2.53. The highest BCUT2D eigenvalue weighted by Gasteiger charge is 2.42. The molecule has 0 aliphatic heterocycles. The summed E-state index contributed by atoms with van der Waals surface area (Å²) in [5, 5.41) is 0. The van der Waals surface area contributed by atoms with Gasteiger partial charge >= 0.3 is 0 Å². The van der Waals surface area contributed by atoms with Crippen LogP contribution >= 0.6 is 0 Å². The molecule has 0 saturated heterocycles. The highest BCUT2D eigenvalue weighted by Crippen LogP contribution is 2.54. The molecule has 0 bridgehead atoms. The van der Waals surface area contributed by atoms with Gasteiger partial charge < -0.3 is 0 Å². The molecule has 0 fully saturated rings. The van der Waals surface area contributed by atoms with Gasteiger partial charge in [0.2, 0.25) is 0 Å². The Hall–Kier alpha value is -1.56. The fourth-order valence-corrected chi connectivity index (χ4v) is 5.80. The van der Waals surface area contributed by atoms with Gasteiger partial charge in [-0.3, -0.25) is 0 Å². The molecule has 31 heavy (non-hydrogen) atoms. The first kappa shape index (κ1) is 24.1. The van der Waals surface area contributed by atoms with Crippen molar-refractivity contribution in [3.8, 4) is 11.1 Å².